The van der Waals surface area contributed by atoms with Crippen molar-refractivity contribution in [1.29, 1.82) is 0 Å². The number of benzene rings is 5. The Morgan fingerprint density at radius 1 is 0.776 bits per heavy atom. The number of hydrogen-bond acceptors (Lipinski definition) is 13. The number of carboxylic acid groups (broad SMARTS) is 1. The minimum Gasteiger partial charge on any atom is -0.497 e. The van der Waals surface area contributed by atoms with Crippen molar-refractivity contribution in [3.8, 4) is 11.5 Å². The van der Waals surface area contributed by atoms with Crippen LogP contribution in [-0.4, -0.2) is 119 Å². The fourth-order valence-corrected chi connectivity index (χ4v) is 15.2. The van der Waals surface area contributed by atoms with E-state index < -0.39 is 55.6 Å². The molecule has 0 radical (unpaired) electrons. The van der Waals surface area contributed by atoms with Gasteiger partial charge >= 0.3 is 11.9 Å². The second-order valence-corrected chi connectivity index (χ2v) is 23.4. The van der Waals surface area contributed by atoms with Gasteiger partial charge in [-0.1, -0.05) is 110 Å². The number of esters is 1. The zero-order valence-electron chi connectivity index (χ0n) is 41.5. The van der Waals surface area contributed by atoms with Crippen LogP contribution in [-0.2, 0) is 68.2 Å². The molecule has 5 atom stereocenters. The van der Waals surface area contributed by atoms with E-state index in [1.807, 2.05) is 30.3 Å². The summed E-state index contributed by atoms with van der Waals surface area (Å²) in [6.45, 7) is 5.46. The first kappa shape index (κ1) is 56.9. The monoisotopic (exact) mass is 1130 g/mol. The van der Waals surface area contributed by atoms with Gasteiger partial charge in [0.15, 0.2) is 6.04 Å². The molecule has 0 aromatic heterocycles. The standard InChI is InChI=1S/C31H31ClN2O7S2.C24H23ClN2O5S/c1-20-9-7-8-12-25(20)43(39,40)42-31(18-23-13-15-24(41-3)16-14-23)28(33-26(35)17-22-10-5-4-6-11-22)29(36)34(31)27(30(37)38)21(2)19-32;1-31-18-9-7-16(8-10-18)13-32-24(30)21-17(12-25)14-33-23-20(22(29)27(21)23)26-19(28)11-15-5-3-2-4-6-15/h4-16,27-28H,2,17-19H2,1,3H3,(H,33,35)(H,37,38);2-10,20,23H,11-14H2,1H3,(H,26,28)/t;20?,23-/m.0/s1. The molecule has 16 nitrogen and oxygen atoms in total. The van der Waals surface area contributed by atoms with Crippen LogP contribution >= 0.6 is 45.8 Å². The molecule has 3 aliphatic heterocycles. The molecule has 3 heterocycles. The largest absolute Gasteiger partial charge is 0.497 e. The third-order valence-electron chi connectivity index (χ3n) is 12.6. The third kappa shape index (κ3) is 12.9. The average Bonchev–Trinajstić information content (AvgIpc) is 3.53. The SMILES string of the molecule is C=C(CCl)C(C(=O)O)N1C(=O)C(NC(=O)Cc2ccccc2)C1(Cc1ccc(OC)cc1)SS(=O)(=O)c1ccccc1C.COc1ccc(COC(=O)C2=C(CCl)CS[C@H]3C(NC(=O)Cc4ccccc4)C(=O)N23)cc1. The molecule has 3 aliphatic rings. The van der Waals surface area contributed by atoms with Gasteiger partial charge in [0.2, 0.25) is 20.7 Å². The number of aryl methyl sites for hydroxylation is 1. The Morgan fingerprint density at radius 3 is 1.84 bits per heavy atom. The maximum atomic E-state index is 14.1. The third-order valence-corrected chi connectivity index (χ3v) is 18.7. The number of β-lactam (4-membered cyclic amide) rings is 2. The quantitative estimate of drug-likeness (QED) is 0.0221. The fourth-order valence-electron chi connectivity index (χ4n) is 8.78. The lowest BCUT2D eigenvalue weighted by Crippen LogP contribution is -2.81. The van der Waals surface area contributed by atoms with Crippen molar-refractivity contribution >= 4 is 90.2 Å². The van der Waals surface area contributed by atoms with Crippen molar-refractivity contribution in [2.75, 3.05) is 31.7 Å². The molecule has 2 saturated heterocycles. The van der Waals surface area contributed by atoms with E-state index in [2.05, 4.69) is 17.2 Å². The topological polar surface area (TPSA) is 215 Å². The predicted octanol–water partition coefficient (Wildman–Crippen LogP) is 7.06. The molecule has 21 heteroatoms. The van der Waals surface area contributed by atoms with Gasteiger partial charge in [-0.2, -0.15) is 0 Å². The highest BCUT2D eigenvalue weighted by Crippen LogP contribution is 2.51. The number of likely N-dealkylation sites (tertiary alicyclic amines) is 1. The van der Waals surface area contributed by atoms with Crippen LogP contribution in [0.15, 0.2) is 162 Å². The van der Waals surface area contributed by atoms with E-state index >= 15 is 0 Å². The number of fused-ring (bicyclic) bond motifs is 1. The van der Waals surface area contributed by atoms with Gasteiger partial charge in [-0.3, -0.25) is 24.1 Å². The Labute approximate surface area is 458 Å². The van der Waals surface area contributed by atoms with E-state index in [4.69, 9.17) is 37.4 Å². The van der Waals surface area contributed by atoms with Crippen LogP contribution in [0, 0.1) is 6.92 Å². The normalized spacial score (nSPS) is 19.1. The van der Waals surface area contributed by atoms with Crippen LogP contribution < -0.4 is 20.1 Å². The van der Waals surface area contributed by atoms with Crippen molar-refractivity contribution in [3.63, 3.8) is 0 Å². The number of amides is 4. The molecule has 0 aliphatic carbocycles. The molecule has 4 unspecified atom stereocenters. The van der Waals surface area contributed by atoms with Gasteiger partial charge in [-0.05, 0) is 76.2 Å². The number of alkyl halides is 2. The van der Waals surface area contributed by atoms with Crippen LogP contribution in [0.3, 0.4) is 0 Å². The van der Waals surface area contributed by atoms with Crippen molar-refractivity contribution in [2.24, 2.45) is 0 Å². The molecule has 5 aromatic rings. The van der Waals surface area contributed by atoms with Gasteiger partial charge in [0, 0.05) is 34.7 Å². The number of aliphatic carboxylic acids is 1. The van der Waals surface area contributed by atoms with Crippen molar-refractivity contribution in [3.05, 3.63) is 185 Å². The first-order valence-electron chi connectivity index (χ1n) is 23.6. The number of hydrogen-bond donors (Lipinski definition) is 3. The molecular formula is C55H54Cl2N4O12S3. The van der Waals surface area contributed by atoms with Crippen LogP contribution in [0.4, 0.5) is 0 Å². The molecule has 398 valence electrons. The number of carbonyl (C=O) groups is 6. The fraction of sp³-hybridized carbons (Fsp3) is 0.273. The van der Waals surface area contributed by atoms with E-state index in [9.17, 15) is 42.3 Å². The number of nitrogens with one attached hydrogen (secondary N) is 2. The molecule has 5 aromatic carbocycles. The number of methoxy groups -OCH3 is 2. The summed E-state index contributed by atoms with van der Waals surface area (Å²) in [6.07, 6.45) is -0.0229. The zero-order chi connectivity index (χ0) is 54.7. The Bertz CT molecular complexity index is 3110. The lowest BCUT2D eigenvalue weighted by Gasteiger charge is -2.58. The summed E-state index contributed by atoms with van der Waals surface area (Å²) in [7, 11) is -0.714. The highest BCUT2D eigenvalue weighted by Gasteiger charge is 2.67. The molecular weight excluding hydrogens is 1080 g/mol. The second-order valence-electron chi connectivity index (χ2n) is 17.7. The summed E-state index contributed by atoms with van der Waals surface area (Å²) in [5.74, 6) is -2.35. The first-order valence-corrected chi connectivity index (χ1v) is 28.5. The Morgan fingerprint density at radius 2 is 1.32 bits per heavy atom. The second kappa shape index (κ2) is 25.4. The first-order chi connectivity index (χ1) is 36.4. The zero-order valence-corrected chi connectivity index (χ0v) is 45.4. The van der Waals surface area contributed by atoms with Gasteiger partial charge in [-0.15, -0.1) is 35.0 Å². The van der Waals surface area contributed by atoms with Crippen molar-refractivity contribution in [2.45, 2.75) is 66.1 Å². The van der Waals surface area contributed by atoms with Crippen molar-refractivity contribution < 1.29 is 56.5 Å². The number of thioether (sulfide) groups is 1. The number of ether oxygens (including phenoxy) is 3. The molecule has 0 spiro atoms. The van der Waals surface area contributed by atoms with Crippen LogP contribution in [0.2, 0.25) is 0 Å². The molecule has 2 fully saturated rings. The Hall–Kier alpha value is -6.77. The van der Waals surface area contributed by atoms with Crippen LogP contribution in [0.1, 0.15) is 27.8 Å². The minimum atomic E-state index is -4.23. The maximum Gasteiger partial charge on any atom is 0.355 e. The Balaban J connectivity index is 0.000000229. The number of halogens is 2. The number of nitrogens with zero attached hydrogens (tertiary/aromatic N) is 2. The van der Waals surface area contributed by atoms with E-state index in [-0.39, 0.29) is 71.0 Å². The summed E-state index contributed by atoms with van der Waals surface area (Å²) in [5, 5.41) is 15.4. The average molecular weight is 1130 g/mol. The van der Waals surface area contributed by atoms with E-state index in [1.54, 1.807) is 111 Å². The van der Waals surface area contributed by atoms with Gasteiger partial charge in [0.1, 0.15) is 46.1 Å². The Kier molecular flexibility index (Phi) is 19.0. The molecule has 76 heavy (non-hydrogen) atoms. The van der Waals surface area contributed by atoms with Crippen LogP contribution in [0.25, 0.3) is 0 Å². The summed E-state index contributed by atoms with van der Waals surface area (Å²) in [6, 6.07) is 34.7. The van der Waals surface area contributed by atoms with Gasteiger partial charge < -0.3 is 34.9 Å². The van der Waals surface area contributed by atoms with E-state index in [0.717, 1.165) is 16.0 Å². The van der Waals surface area contributed by atoms with E-state index in [1.165, 1.54) is 29.8 Å². The highest BCUT2D eigenvalue weighted by molar-refractivity contribution is 8.72. The number of carboxylic acids is 1. The molecule has 4 amide bonds. The van der Waals surface area contributed by atoms with E-state index in [0.29, 0.717) is 50.3 Å². The number of carbonyl (C=O) groups excluding carboxylic acids is 5. The lowest BCUT2D eigenvalue weighted by atomic mass is 9.84. The summed E-state index contributed by atoms with van der Waals surface area (Å²) >= 11 is 13.5. The van der Waals surface area contributed by atoms with Gasteiger partial charge in [-0.25, -0.2) is 18.0 Å². The minimum absolute atomic E-state index is 0.00538. The molecule has 8 rings (SSSR count). The summed E-state index contributed by atoms with van der Waals surface area (Å²) < 4.78 is 44.0. The highest BCUT2D eigenvalue weighted by atomic mass is 35.5. The smallest absolute Gasteiger partial charge is 0.355 e. The van der Waals surface area contributed by atoms with Crippen LogP contribution in [0.5, 0.6) is 11.5 Å². The van der Waals surface area contributed by atoms with Crippen molar-refractivity contribution in [1.82, 2.24) is 20.4 Å². The maximum absolute atomic E-state index is 14.1. The number of rotatable bonds is 21. The van der Waals surface area contributed by atoms with Gasteiger partial charge in [0.25, 0.3) is 11.8 Å². The molecule has 0 bridgehead atoms. The summed E-state index contributed by atoms with van der Waals surface area (Å²) in [5.41, 5.74) is 4.20. The van der Waals surface area contributed by atoms with Gasteiger partial charge in [0.05, 0.1) is 32.0 Å². The lowest BCUT2D eigenvalue weighted by molar-refractivity contribution is -0.167. The summed E-state index contributed by atoms with van der Waals surface area (Å²) in [4.78, 5) is 78.6. The molecule has 3 N–H and O–H groups in total. The molecule has 0 saturated carbocycles. The predicted molar refractivity (Wildman–Crippen MR) is 291 cm³/mol.